The van der Waals surface area contributed by atoms with Crippen LogP contribution in [-0.2, 0) is 5.41 Å². The Hall–Kier alpha value is -6.90. The van der Waals surface area contributed by atoms with Gasteiger partial charge in [-0.1, -0.05) is 159 Å². The zero-order valence-corrected chi connectivity index (χ0v) is 31.9. The van der Waals surface area contributed by atoms with Gasteiger partial charge in [0.2, 0.25) is 0 Å². The summed E-state index contributed by atoms with van der Waals surface area (Å²) < 4.78 is 0. The molecule has 0 fully saturated rings. The Kier molecular flexibility index (Phi) is 8.08. The van der Waals surface area contributed by atoms with Gasteiger partial charge in [0.05, 0.1) is 17.1 Å². The number of rotatable bonds is 7. The Bertz CT molecular complexity index is 2850. The number of anilines is 6. The molecule has 2 nitrogen and oxygen atoms in total. The minimum atomic E-state index is -0.107. The monoisotopic (exact) mass is 718 g/mol. The van der Waals surface area contributed by atoms with Crippen molar-refractivity contribution in [1.29, 1.82) is 0 Å². The number of para-hydroxylation sites is 3. The van der Waals surface area contributed by atoms with E-state index in [0.29, 0.717) is 0 Å². The molecule has 0 spiro atoms. The van der Waals surface area contributed by atoms with E-state index in [2.05, 4.69) is 231 Å². The zero-order chi connectivity index (χ0) is 37.8. The van der Waals surface area contributed by atoms with Gasteiger partial charge in [0.15, 0.2) is 0 Å². The van der Waals surface area contributed by atoms with E-state index in [1.165, 1.54) is 66.2 Å². The summed E-state index contributed by atoms with van der Waals surface area (Å²) in [7, 11) is 0. The number of fused-ring (bicyclic) bond motifs is 5. The molecule has 9 aromatic carbocycles. The van der Waals surface area contributed by atoms with Crippen LogP contribution in [-0.4, -0.2) is 0 Å². The third kappa shape index (κ3) is 5.33. The number of benzene rings is 9. The van der Waals surface area contributed by atoms with Crippen molar-refractivity contribution in [3.8, 4) is 22.3 Å². The SMILES string of the molecule is Cc1ccc(N(c2ccccc2)c2ccc(-c3ccc(N(c4ccccc4)c4ccccc4)c4ccccc34)c3ccccc23)c2c1C(C)(C)c1ccccc1-2. The predicted octanol–water partition coefficient (Wildman–Crippen LogP) is 15.2. The Morgan fingerprint density at radius 2 is 0.750 bits per heavy atom. The Morgan fingerprint density at radius 1 is 0.339 bits per heavy atom. The normalized spacial score (nSPS) is 12.7. The van der Waals surface area contributed by atoms with E-state index in [4.69, 9.17) is 0 Å². The summed E-state index contributed by atoms with van der Waals surface area (Å²) in [6.07, 6.45) is 0. The highest BCUT2D eigenvalue weighted by Crippen LogP contribution is 2.56. The van der Waals surface area contributed by atoms with Crippen LogP contribution in [0.15, 0.2) is 200 Å². The molecule has 0 radical (unpaired) electrons. The quantitative estimate of drug-likeness (QED) is 0.162. The van der Waals surface area contributed by atoms with Crippen LogP contribution in [0.5, 0.6) is 0 Å². The lowest BCUT2D eigenvalue weighted by Gasteiger charge is -2.31. The molecule has 0 aromatic heterocycles. The van der Waals surface area contributed by atoms with Gasteiger partial charge in [-0.2, -0.15) is 0 Å². The van der Waals surface area contributed by atoms with Crippen molar-refractivity contribution >= 4 is 55.7 Å². The molecule has 0 N–H and O–H groups in total. The van der Waals surface area contributed by atoms with Gasteiger partial charge >= 0.3 is 0 Å². The maximum atomic E-state index is 2.49. The molecule has 0 bridgehead atoms. The third-order valence-corrected chi connectivity index (χ3v) is 11.7. The minimum Gasteiger partial charge on any atom is -0.310 e. The topological polar surface area (TPSA) is 6.48 Å². The molecule has 0 unspecified atom stereocenters. The number of aryl methyl sites for hydroxylation is 1. The van der Waals surface area contributed by atoms with Crippen LogP contribution >= 0.6 is 0 Å². The molecule has 268 valence electrons. The van der Waals surface area contributed by atoms with Gasteiger partial charge in [-0.3, -0.25) is 0 Å². The van der Waals surface area contributed by atoms with Gasteiger partial charge in [0.1, 0.15) is 0 Å². The maximum Gasteiger partial charge on any atom is 0.0543 e. The number of hydrogen-bond donors (Lipinski definition) is 0. The maximum absolute atomic E-state index is 2.49. The highest BCUT2D eigenvalue weighted by Gasteiger charge is 2.39. The summed E-state index contributed by atoms with van der Waals surface area (Å²) in [6, 6.07) is 72.9. The average Bonchev–Trinajstić information content (AvgIpc) is 3.50. The molecule has 10 rings (SSSR count). The van der Waals surface area contributed by atoms with Gasteiger partial charge in [-0.25, -0.2) is 0 Å². The first-order valence-corrected chi connectivity index (χ1v) is 19.5. The van der Waals surface area contributed by atoms with Crippen molar-refractivity contribution in [1.82, 2.24) is 0 Å². The van der Waals surface area contributed by atoms with Crippen LogP contribution in [0, 0.1) is 6.92 Å². The molecule has 2 heteroatoms. The van der Waals surface area contributed by atoms with E-state index in [0.717, 1.165) is 28.4 Å². The lowest BCUT2D eigenvalue weighted by molar-refractivity contribution is 0.655. The standard InChI is InChI=1S/C54H42N2/c1-37-31-34-51(52-47-29-17-18-30-48(47)54(2,3)53(37)52)56(40-23-11-6-12-24-40)50-36-33-44(42-26-14-16-28-46(42)50)43-32-35-49(45-27-15-13-25-41(43)45)55(38-19-7-4-8-20-38)39-21-9-5-10-22-39/h4-36H,1-3H3. The van der Waals surface area contributed by atoms with Crippen LogP contribution in [0.4, 0.5) is 34.1 Å². The van der Waals surface area contributed by atoms with E-state index in [1.54, 1.807) is 0 Å². The fraction of sp³-hybridized carbons (Fsp3) is 0.0741. The molecule has 1 aliphatic carbocycles. The molecule has 0 amide bonds. The highest BCUT2D eigenvalue weighted by atomic mass is 15.2. The van der Waals surface area contributed by atoms with Gasteiger partial charge in [0.25, 0.3) is 0 Å². The molecule has 1 aliphatic rings. The second kappa shape index (κ2) is 13.4. The van der Waals surface area contributed by atoms with Crippen LogP contribution in [0.25, 0.3) is 43.8 Å². The lowest BCUT2D eigenvalue weighted by Crippen LogP contribution is -2.17. The first-order valence-electron chi connectivity index (χ1n) is 19.5. The molecule has 0 aliphatic heterocycles. The van der Waals surface area contributed by atoms with Crippen LogP contribution in [0.2, 0.25) is 0 Å². The summed E-state index contributed by atoms with van der Waals surface area (Å²) >= 11 is 0. The molecular formula is C54H42N2. The zero-order valence-electron chi connectivity index (χ0n) is 31.9. The molecule has 0 atom stereocenters. The third-order valence-electron chi connectivity index (χ3n) is 11.7. The van der Waals surface area contributed by atoms with Crippen molar-refractivity contribution in [3.05, 3.63) is 217 Å². The van der Waals surface area contributed by atoms with Crippen LogP contribution in [0.1, 0.15) is 30.5 Å². The molecule has 0 saturated carbocycles. The van der Waals surface area contributed by atoms with E-state index in [-0.39, 0.29) is 5.41 Å². The molecule has 9 aromatic rings. The van der Waals surface area contributed by atoms with Crippen molar-refractivity contribution in [2.75, 3.05) is 9.80 Å². The molecule has 0 heterocycles. The predicted molar refractivity (Wildman–Crippen MR) is 239 cm³/mol. The second-order valence-corrected chi connectivity index (χ2v) is 15.4. The Morgan fingerprint density at radius 3 is 1.29 bits per heavy atom. The van der Waals surface area contributed by atoms with E-state index in [9.17, 15) is 0 Å². The van der Waals surface area contributed by atoms with Crippen molar-refractivity contribution < 1.29 is 0 Å². The summed E-state index contributed by atoms with van der Waals surface area (Å²) in [6.45, 7) is 7.02. The Balaban J connectivity index is 1.19. The van der Waals surface area contributed by atoms with Crippen molar-refractivity contribution in [3.63, 3.8) is 0 Å². The second-order valence-electron chi connectivity index (χ2n) is 15.4. The first kappa shape index (κ1) is 33.7. The fourth-order valence-corrected chi connectivity index (χ4v) is 9.33. The van der Waals surface area contributed by atoms with E-state index < -0.39 is 0 Å². The molecule has 56 heavy (non-hydrogen) atoms. The lowest BCUT2D eigenvalue weighted by atomic mass is 9.80. The van der Waals surface area contributed by atoms with Crippen LogP contribution in [0.3, 0.4) is 0 Å². The summed E-state index contributed by atoms with van der Waals surface area (Å²) in [5.74, 6) is 0. The van der Waals surface area contributed by atoms with E-state index in [1.807, 2.05) is 0 Å². The Labute approximate surface area is 329 Å². The molecule has 0 saturated heterocycles. The van der Waals surface area contributed by atoms with Crippen LogP contribution < -0.4 is 9.80 Å². The van der Waals surface area contributed by atoms with E-state index >= 15 is 0 Å². The largest absolute Gasteiger partial charge is 0.310 e. The summed E-state index contributed by atoms with van der Waals surface area (Å²) in [5, 5.41) is 4.84. The van der Waals surface area contributed by atoms with Gasteiger partial charge < -0.3 is 9.80 Å². The van der Waals surface area contributed by atoms with Crippen molar-refractivity contribution in [2.45, 2.75) is 26.2 Å². The van der Waals surface area contributed by atoms with Crippen molar-refractivity contribution in [2.24, 2.45) is 0 Å². The van der Waals surface area contributed by atoms with Gasteiger partial charge in [0, 0.05) is 38.8 Å². The first-order chi connectivity index (χ1) is 27.5. The van der Waals surface area contributed by atoms with Gasteiger partial charge in [-0.15, -0.1) is 0 Å². The highest BCUT2D eigenvalue weighted by molar-refractivity contribution is 6.13. The smallest absolute Gasteiger partial charge is 0.0543 e. The number of nitrogens with zero attached hydrogens (tertiary/aromatic N) is 2. The number of hydrogen-bond acceptors (Lipinski definition) is 2. The summed E-state index contributed by atoms with van der Waals surface area (Å²) in [4.78, 5) is 4.85. The average molecular weight is 719 g/mol. The fourth-order valence-electron chi connectivity index (χ4n) is 9.33. The summed E-state index contributed by atoms with van der Waals surface area (Å²) in [5.41, 5.74) is 16.0. The molecular weight excluding hydrogens is 677 g/mol. The minimum absolute atomic E-state index is 0.107. The van der Waals surface area contributed by atoms with Gasteiger partial charge in [-0.05, 0) is 106 Å².